The molecular weight excluding hydrogens is 933 g/mol. The highest BCUT2D eigenvalue weighted by molar-refractivity contribution is 5.70. The quantitative estimate of drug-likeness (QED) is 0.0373. The first-order chi connectivity index (χ1) is 37.6. The van der Waals surface area contributed by atoms with Gasteiger partial charge >= 0.3 is 11.9 Å². The van der Waals surface area contributed by atoms with Crippen LogP contribution in [-0.2, 0) is 19.1 Å². The van der Waals surface area contributed by atoms with Crippen LogP contribution in [0.4, 0.5) is 0 Å². The fourth-order valence-corrected chi connectivity index (χ4v) is 8.96. The molecule has 434 valence electrons. The smallest absolute Gasteiger partial charge is 0.306 e. The summed E-state index contributed by atoms with van der Waals surface area (Å²) in [6.07, 6.45) is 96.2. The lowest BCUT2D eigenvalue weighted by molar-refractivity contribution is -0.161. The van der Waals surface area contributed by atoms with Gasteiger partial charge in [0, 0.05) is 12.8 Å². The summed E-state index contributed by atoms with van der Waals surface area (Å²) in [6.45, 7) is 4.03. The average molecular weight is 1050 g/mol. The molecule has 5 heteroatoms. The number of rotatable bonds is 58. The van der Waals surface area contributed by atoms with E-state index in [2.05, 4.69) is 135 Å². The van der Waals surface area contributed by atoms with Crippen molar-refractivity contribution < 1.29 is 24.2 Å². The number of carbonyl (C=O) groups is 2. The van der Waals surface area contributed by atoms with Crippen molar-refractivity contribution in [1.82, 2.24) is 0 Å². The summed E-state index contributed by atoms with van der Waals surface area (Å²) in [5.74, 6) is -0.591. The lowest BCUT2D eigenvalue weighted by atomic mass is 10.0. The zero-order valence-corrected chi connectivity index (χ0v) is 49.7. The topological polar surface area (TPSA) is 72.8 Å². The second-order valence-corrected chi connectivity index (χ2v) is 21.1. The van der Waals surface area contributed by atoms with Gasteiger partial charge < -0.3 is 14.6 Å². The third-order valence-corrected chi connectivity index (χ3v) is 13.7. The molecule has 0 heterocycles. The fraction of sp³-hybridized carbons (Fsp3) is 0.690. The SMILES string of the molecule is CC/C=C\C/C=C\C/C=C\C/C=C\C/C=C\C/C=C\C/C=C\CCCCCCCCCCCCCCCC(=O)OC(CO)COC(=O)CCCCCCCCCCCCCC/C=C\C/C=C\C/C=C\CCCCCCC. The summed E-state index contributed by atoms with van der Waals surface area (Å²) in [6, 6.07) is 0. The molecule has 0 aliphatic heterocycles. The Kier molecular flexibility index (Phi) is 62.4. The molecular formula is C71H120O5. The van der Waals surface area contributed by atoms with Crippen molar-refractivity contribution in [3.63, 3.8) is 0 Å². The van der Waals surface area contributed by atoms with Crippen LogP contribution in [0.1, 0.15) is 296 Å². The Balaban J connectivity index is 3.51. The molecule has 76 heavy (non-hydrogen) atoms. The molecule has 1 unspecified atom stereocenters. The van der Waals surface area contributed by atoms with Crippen LogP contribution in [0, 0.1) is 0 Å². The highest BCUT2D eigenvalue weighted by Crippen LogP contribution is 2.16. The van der Waals surface area contributed by atoms with Gasteiger partial charge in [-0.15, -0.1) is 0 Å². The highest BCUT2D eigenvalue weighted by atomic mass is 16.6. The van der Waals surface area contributed by atoms with Crippen LogP contribution in [0.2, 0.25) is 0 Å². The summed E-state index contributed by atoms with van der Waals surface area (Å²) in [5.41, 5.74) is 0. The van der Waals surface area contributed by atoms with Gasteiger partial charge in [-0.25, -0.2) is 0 Å². The predicted octanol–water partition coefficient (Wildman–Crippen LogP) is 22.2. The van der Waals surface area contributed by atoms with Gasteiger partial charge in [-0.3, -0.25) is 9.59 Å². The number of allylic oxidation sites excluding steroid dienone is 20. The van der Waals surface area contributed by atoms with Gasteiger partial charge in [0.25, 0.3) is 0 Å². The van der Waals surface area contributed by atoms with Crippen LogP contribution in [0.3, 0.4) is 0 Å². The average Bonchev–Trinajstić information content (AvgIpc) is 3.42. The van der Waals surface area contributed by atoms with E-state index in [1.807, 2.05) is 0 Å². The van der Waals surface area contributed by atoms with E-state index in [1.54, 1.807) is 0 Å². The number of carbonyl (C=O) groups excluding carboxylic acids is 2. The Hall–Kier alpha value is -3.70. The monoisotopic (exact) mass is 1050 g/mol. The minimum atomic E-state index is -0.782. The maximum Gasteiger partial charge on any atom is 0.306 e. The van der Waals surface area contributed by atoms with E-state index in [0.29, 0.717) is 12.8 Å². The molecule has 5 nitrogen and oxygen atoms in total. The number of unbranched alkanes of at least 4 members (excludes halogenated alkanes) is 30. The minimum absolute atomic E-state index is 0.0712. The van der Waals surface area contributed by atoms with Gasteiger partial charge in [0.2, 0.25) is 0 Å². The predicted molar refractivity (Wildman–Crippen MR) is 334 cm³/mol. The number of hydrogen-bond acceptors (Lipinski definition) is 5. The first kappa shape index (κ1) is 72.3. The van der Waals surface area contributed by atoms with Crippen LogP contribution in [0.15, 0.2) is 122 Å². The maximum atomic E-state index is 12.3. The van der Waals surface area contributed by atoms with Crippen LogP contribution in [0.5, 0.6) is 0 Å². The van der Waals surface area contributed by atoms with E-state index in [0.717, 1.165) is 96.3 Å². The van der Waals surface area contributed by atoms with Crippen molar-refractivity contribution in [3.05, 3.63) is 122 Å². The van der Waals surface area contributed by atoms with Crippen LogP contribution >= 0.6 is 0 Å². The van der Waals surface area contributed by atoms with Crippen molar-refractivity contribution in [1.29, 1.82) is 0 Å². The van der Waals surface area contributed by atoms with Gasteiger partial charge in [0.1, 0.15) is 6.61 Å². The molecule has 0 radical (unpaired) electrons. The number of aliphatic hydroxyl groups excluding tert-OH is 1. The van der Waals surface area contributed by atoms with Gasteiger partial charge in [-0.2, -0.15) is 0 Å². The first-order valence-electron chi connectivity index (χ1n) is 32.1. The van der Waals surface area contributed by atoms with Crippen molar-refractivity contribution in [2.24, 2.45) is 0 Å². The van der Waals surface area contributed by atoms with Gasteiger partial charge in [-0.1, -0.05) is 296 Å². The Morgan fingerprint density at radius 2 is 0.566 bits per heavy atom. The van der Waals surface area contributed by atoms with E-state index < -0.39 is 6.10 Å². The highest BCUT2D eigenvalue weighted by Gasteiger charge is 2.16. The molecule has 1 N–H and O–H groups in total. The molecule has 0 aliphatic rings. The maximum absolute atomic E-state index is 12.3. The minimum Gasteiger partial charge on any atom is -0.462 e. The molecule has 0 fully saturated rings. The molecule has 0 aliphatic carbocycles. The molecule has 0 saturated carbocycles. The summed E-state index contributed by atoms with van der Waals surface area (Å²) in [4.78, 5) is 24.6. The number of ether oxygens (including phenoxy) is 2. The lowest BCUT2D eigenvalue weighted by Crippen LogP contribution is -2.28. The molecule has 0 rings (SSSR count). The Labute approximate surface area is 471 Å². The first-order valence-corrected chi connectivity index (χ1v) is 32.1. The Morgan fingerprint density at radius 1 is 0.316 bits per heavy atom. The summed E-state index contributed by atoms with van der Waals surface area (Å²) < 4.78 is 10.7. The second kappa shape index (κ2) is 65.6. The molecule has 0 aromatic carbocycles. The lowest BCUT2D eigenvalue weighted by Gasteiger charge is -2.15. The van der Waals surface area contributed by atoms with Crippen LogP contribution < -0.4 is 0 Å². The normalized spacial score (nSPS) is 13.0. The molecule has 1 atom stereocenters. The molecule has 0 aromatic rings. The fourth-order valence-electron chi connectivity index (χ4n) is 8.96. The summed E-state index contributed by atoms with van der Waals surface area (Å²) in [5, 5.41) is 9.69. The summed E-state index contributed by atoms with van der Waals surface area (Å²) in [7, 11) is 0. The van der Waals surface area contributed by atoms with Crippen molar-refractivity contribution in [3.8, 4) is 0 Å². The van der Waals surface area contributed by atoms with Gasteiger partial charge in [-0.05, 0) is 109 Å². The Bertz CT molecular complexity index is 1520. The number of esters is 2. The van der Waals surface area contributed by atoms with E-state index in [-0.39, 0.29) is 25.2 Å². The third-order valence-electron chi connectivity index (χ3n) is 13.7. The summed E-state index contributed by atoms with van der Waals surface area (Å²) >= 11 is 0. The van der Waals surface area contributed by atoms with Gasteiger partial charge in [0.15, 0.2) is 6.10 Å². The van der Waals surface area contributed by atoms with E-state index in [1.165, 1.54) is 173 Å². The van der Waals surface area contributed by atoms with Gasteiger partial charge in [0.05, 0.1) is 6.61 Å². The van der Waals surface area contributed by atoms with Crippen LogP contribution in [0.25, 0.3) is 0 Å². The van der Waals surface area contributed by atoms with E-state index >= 15 is 0 Å². The van der Waals surface area contributed by atoms with E-state index in [4.69, 9.17) is 9.47 Å². The second-order valence-electron chi connectivity index (χ2n) is 21.1. The largest absolute Gasteiger partial charge is 0.462 e. The van der Waals surface area contributed by atoms with Crippen molar-refractivity contribution in [2.45, 2.75) is 302 Å². The van der Waals surface area contributed by atoms with E-state index in [9.17, 15) is 14.7 Å². The molecule has 0 saturated heterocycles. The molecule has 0 aromatic heterocycles. The Morgan fingerprint density at radius 3 is 0.855 bits per heavy atom. The number of aliphatic hydroxyl groups is 1. The zero-order valence-electron chi connectivity index (χ0n) is 49.7. The van der Waals surface area contributed by atoms with Crippen LogP contribution in [-0.4, -0.2) is 36.4 Å². The van der Waals surface area contributed by atoms with Crippen molar-refractivity contribution >= 4 is 11.9 Å². The molecule has 0 amide bonds. The molecule has 0 bridgehead atoms. The van der Waals surface area contributed by atoms with Crippen molar-refractivity contribution in [2.75, 3.05) is 13.2 Å². The molecule has 0 spiro atoms. The third kappa shape index (κ3) is 62.8. The zero-order chi connectivity index (χ0) is 54.8. The standard InChI is InChI=1S/C71H120O5/c1-3-5-7-9-11-13-15-17-19-21-23-25-27-29-31-32-33-34-35-36-37-38-40-42-44-46-48-50-52-54-56-58-60-62-64-66-71(74)76-69(67-72)68-75-70(73)65-63-61-59-57-55-53-51-49-47-45-43-41-39-30-28-26-24-22-20-18-16-14-12-10-8-6-4-2/h5,7,11,13,16-19,22-25,28-31,33-34,36-37,69,72H,3-4,6,8-10,12,14-15,20-21,26-27,32,35,38-68H2,1-2H3/b7-5-,13-11-,18-16-,19-17-,24-22-,25-23-,30-28-,31-29-,34-33-,37-36-. The number of hydrogen-bond donors (Lipinski definition) is 1.